The average molecular weight is 919 g/mol. The van der Waals surface area contributed by atoms with Gasteiger partial charge in [0.25, 0.3) is 0 Å². The summed E-state index contributed by atoms with van der Waals surface area (Å²) in [6.45, 7) is 5.37. The molecule has 1 N–H and O–H groups in total. The zero-order valence-electron chi connectivity index (χ0n) is 28.0. The molecule has 0 bridgehead atoms. The van der Waals surface area contributed by atoms with Crippen LogP contribution in [0.1, 0.15) is 46.5 Å². The van der Waals surface area contributed by atoms with Crippen LogP contribution in [0.5, 0.6) is 0 Å². The monoisotopic (exact) mass is 917 g/mol. The van der Waals surface area contributed by atoms with Crippen LogP contribution in [-0.4, -0.2) is 15.9 Å². The fourth-order valence-electron chi connectivity index (χ4n) is 5.55. The van der Waals surface area contributed by atoms with Gasteiger partial charge in [-0.05, 0) is 99.2 Å². The van der Waals surface area contributed by atoms with E-state index in [2.05, 4.69) is 47.1 Å². The minimum Gasteiger partial charge on any atom is -0.441 e. The van der Waals surface area contributed by atoms with Crippen LogP contribution in [0.2, 0.25) is 0 Å². The number of alkyl halides is 12. The summed E-state index contributed by atoms with van der Waals surface area (Å²) in [5, 5.41) is 2.21. The standard InChI is InChI=1S/C18H10F6N2O2.C17H11Br2F6NO/c1-7-25-13-5-11(17(19,20)21)9(3-15(13)27-7)10-4-16-14(26-8(2)28-16)6-12(10)18(22,23)24;1-7-3-11(16(20,21)22)9(4-13(7)18)10-5-14(19)15(26-8(2)27)6-12(10)17(23,24)25/h3-6H,1-2H3;3-6H,1-2H3,(H,26,27). The van der Waals surface area contributed by atoms with E-state index >= 15 is 0 Å². The number of halogens is 14. The molecule has 0 spiro atoms. The van der Waals surface area contributed by atoms with Crippen molar-refractivity contribution in [1.82, 2.24) is 9.97 Å². The van der Waals surface area contributed by atoms with Gasteiger partial charge < -0.3 is 14.2 Å². The number of amides is 1. The van der Waals surface area contributed by atoms with Crippen molar-refractivity contribution in [1.29, 1.82) is 0 Å². The molecule has 55 heavy (non-hydrogen) atoms. The first-order chi connectivity index (χ1) is 25.1. The van der Waals surface area contributed by atoms with Gasteiger partial charge >= 0.3 is 24.7 Å². The van der Waals surface area contributed by atoms with Gasteiger partial charge in [0.1, 0.15) is 11.0 Å². The Labute approximate surface area is 318 Å². The number of carbonyl (C=O) groups excluding carboxylic acids is 1. The van der Waals surface area contributed by atoms with E-state index < -0.39 is 75.1 Å². The number of hydrogen-bond donors (Lipinski definition) is 1. The molecule has 20 heteroatoms. The van der Waals surface area contributed by atoms with Gasteiger partial charge in [0, 0.05) is 29.7 Å². The number of anilines is 1. The van der Waals surface area contributed by atoms with Gasteiger partial charge in [-0.15, -0.1) is 0 Å². The largest absolute Gasteiger partial charge is 0.441 e. The molecule has 292 valence electrons. The molecule has 1 amide bonds. The van der Waals surface area contributed by atoms with Gasteiger partial charge in [0.15, 0.2) is 22.9 Å². The predicted octanol–water partition coefficient (Wildman–Crippen LogP) is 13.5. The fraction of sp³-hybridized carbons (Fsp3) is 0.229. The van der Waals surface area contributed by atoms with Gasteiger partial charge in [-0.25, -0.2) is 9.97 Å². The lowest BCUT2D eigenvalue weighted by molar-refractivity contribution is -0.139. The van der Waals surface area contributed by atoms with Crippen LogP contribution in [-0.2, 0) is 29.5 Å². The van der Waals surface area contributed by atoms with Crippen LogP contribution in [0.3, 0.4) is 0 Å². The lowest BCUT2D eigenvalue weighted by Crippen LogP contribution is -2.14. The van der Waals surface area contributed by atoms with E-state index in [9.17, 15) is 57.5 Å². The number of aryl methyl sites for hydroxylation is 3. The van der Waals surface area contributed by atoms with E-state index in [4.69, 9.17) is 8.83 Å². The predicted molar refractivity (Wildman–Crippen MR) is 183 cm³/mol. The quantitative estimate of drug-likeness (QED) is 0.179. The lowest BCUT2D eigenvalue weighted by Gasteiger charge is -2.20. The first kappa shape index (κ1) is 41.6. The molecule has 0 saturated carbocycles. The third kappa shape index (κ3) is 8.95. The number of nitrogens with one attached hydrogen (secondary N) is 1. The summed E-state index contributed by atoms with van der Waals surface area (Å²) in [6.07, 6.45) is -19.6. The molecule has 0 aliphatic heterocycles. The van der Waals surface area contributed by atoms with Gasteiger partial charge in [-0.2, -0.15) is 52.7 Å². The van der Waals surface area contributed by atoms with E-state index in [0.29, 0.717) is 18.2 Å². The van der Waals surface area contributed by atoms with Crippen molar-refractivity contribution in [3.63, 3.8) is 0 Å². The Morgan fingerprint density at radius 1 is 0.545 bits per heavy atom. The Hall–Kier alpha value is -4.59. The van der Waals surface area contributed by atoms with Crippen molar-refractivity contribution >= 4 is 65.7 Å². The maximum absolute atomic E-state index is 13.6. The molecule has 0 radical (unpaired) electrons. The number of hydrogen-bond acceptors (Lipinski definition) is 5. The first-order valence-corrected chi connectivity index (χ1v) is 16.8. The van der Waals surface area contributed by atoms with E-state index in [0.717, 1.165) is 37.3 Å². The van der Waals surface area contributed by atoms with Crippen LogP contribution in [0.15, 0.2) is 66.3 Å². The SMILES string of the molecule is CC(=O)Nc1cc(C(F)(F)F)c(-c2cc(Br)c(C)cc2C(F)(F)F)cc1Br.Cc1nc2cc(C(F)(F)F)c(-c3cc4oc(C)nc4cc3C(F)(F)F)cc2o1. The van der Waals surface area contributed by atoms with Crippen LogP contribution in [0.25, 0.3) is 44.5 Å². The highest BCUT2D eigenvalue weighted by atomic mass is 79.9. The Morgan fingerprint density at radius 3 is 1.27 bits per heavy atom. The molecule has 0 aliphatic rings. The third-order valence-corrected chi connectivity index (χ3v) is 9.30. The molecule has 4 aromatic carbocycles. The number of nitrogens with zero attached hydrogens (tertiary/aromatic N) is 2. The van der Waals surface area contributed by atoms with E-state index in [1.807, 2.05) is 0 Å². The normalized spacial score (nSPS) is 12.6. The zero-order valence-corrected chi connectivity index (χ0v) is 31.2. The van der Waals surface area contributed by atoms with Gasteiger partial charge in [0.2, 0.25) is 5.91 Å². The number of carbonyl (C=O) groups is 1. The second kappa shape index (κ2) is 14.5. The maximum Gasteiger partial charge on any atom is 0.417 e. The molecule has 0 aliphatic carbocycles. The van der Waals surface area contributed by atoms with Crippen LogP contribution in [0.4, 0.5) is 58.4 Å². The van der Waals surface area contributed by atoms with Crippen molar-refractivity contribution in [2.45, 2.75) is 52.4 Å². The van der Waals surface area contributed by atoms with Gasteiger partial charge in [-0.3, -0.25) is 4.79 Å². The molecule has 0 atom stereocenters. The second-order valence-electron chi connectivity index (χ2n) is 11.9. The van der Waals surface area contributed by atoms with Crippen LogP contribution < -0.4 is 5.32 Å². The second-order valence-corrected chi connectivity index (χ2v) is 13.6. The minimum atomic E-state index is -4.94. The molecule has 6 aromatic rings. The van der Waals surface area contributed by atoms with Crippen molar-refractivity contribution < 1.29 is 66.3 Å². The number of fused-ring (bicyclic) bond motifs is 2. The van der Waals surface area contributed by atoms with Crippen molar-refractivity contribution in [2.75, 3.05) is 5.32 Å². The number of aromatic nitrogens is 2. The highest BCUT2D eigenvalue weighted by Gasteiger charge is 2.41. The zero-order chi connectivity index (χ0) is 41.2. The summed E-state index contributed by atoms with van der Waals surface area (Å²) in [4.78, 5) is 18.8. The van der Waals surface area contributed by atoms with Gasteiger partial charge in [0.05, 0.1) is 27.9 Å². The molecule has 6 nitrogen and oxygen atoms in total. The number of oxazole rings is 2. The fourth-order valence-corrected chi connectivity index (χ4v) is 6.33. The lowest BCUT2D eigenvalue weighted by atomic mass is 9.93. The van der Waals surface area contributed by atoms with Crippen molar-refractivity contribution in [2.24, 2.45) is 0 Å². The Morgan fingerprint density at radius 2 is 0.891 bits per heavy atom. The Balaban J connectivity index is 0.000000211. The highest BCUT2D eigenvalue weighted by molar-refractivity contribution is 9.11. The third-order valence-electron chi connectivity index (χ3n) is 7.79. The molecular weight excluding hydrogens is 898 g/mol. The molecule has 0 fully saturated rings. The molecule has 2 heterocycles. The summed E-state index contributed by atoms with van der Waals surface area (Å²) in [5.74, 6) is -0.430. The Kier molecular flexibility index (Phi) is 10.9. The van der Waals surface area contributed by atoms with Crippen molar-refractivity contribution in [3.05, 3.63) is 97.1 Å². The minimum absolute atomic E-state index is 0.0190. The van der Waals surface area contributed by atoms with Crippen LogP contribution in [0, 0.1) is 20.8 Å². The average Bonchev–Trinajstić information content (AvgIpc) is 3.59. The Bertz CT molecular complexity index is 2370. The number of benzene rings is 4. The summed E-state index contributed by atoms with van der Waals surface area (Å²) in [7, 11) is 0. The topological polar surface area (TPSA) is 81.2 Å². The molecule has 2 aromatic heterocycles. The molecule has 0 unspecified atom stereocenters. The summed E-state index contributed by atoms with van der Waals surface area (Å²) < 4.78 is 174. The summed E-state index contributed by atoms with van der Waals surface area (Å²) in [6, 6.07) is 6.50. The van der Waals surface area contributed by atoms with E-state index in [-0.39, 0.29) is 54.2 Å². The summed E-state index contributed by atoms with van der Waals surface area (Å²) >= 11 is 6.07. The van der Waals surface area contributed by atoms with Crippen molar-refractivity contribution in [3.8, 4) is 22.3 Å². The maximum atomic E-state index is 13.6. The number of rotatable bonds is 3. The van der Waals surface area contributed by atoms with Crippen LogP contribution >= 0.6 is 31.9 Å². The van der Waals surface area contributed by atoms with E-state index in [1.54, 1.807) is 0 Å². The highest BCUT2D eigenvalue weighted by Crippen LogP contribution is 2.48. The molecule has 0 saturated heterocycles. The molecule has 6 rings (SSSR count). The summed E-state index contributed by atoms with van der Waals surface area (Å²) in [5.41, 5.74) is -7.90. The first-order valence-electron chi connectivity index (χ1n) is 15.2. The smallest absolute Gasteiger partial charge is 0.417 e. The van der Waals surface area contributed by atoms with E-state index in [1.165, 1.54) is 20.8 Å². The van der Waals surface area contributed by atoms with Gasteiger partial charge in [-0.1, -0.05) is 15.9 Å². The molecular formula is C35H21Br2F12N3O3.